The fourth-order valence-corrected chi connectivity index (χ4v) is 6.09. The summed E-state index contributed by atoms with van der Waals surface area (Å²) in [7, 11) is 0. The minimum absolute atomic E-state index is 0.0510. The zero-order valence-corrected chi connectivity index (χ0v) is 37.8. The molecule has 0 aliphatic carbocycles. The quantitative estimate of drug-likeness (QED) is 0.0349. The fraction of sp³-hybridized carbons (Fsp3) is 0.660. The summed E-state index contributed by atoms with van der Waals surface area (Å²) in [6.07, 6.45) is 64.2. The molecule has 0 aromatic heterocycles. The molecule has 0 rings (SSSR count). The van der Waals surface area contributed by atoms with Crippen molar-refractivity contribution < 1.29 is 23.8 Å². The number of ether oxygens (including phenoxy) is 3. The Labute approximate surface area is 358 Å². The van der Waals surface area contributed by atoms with Crippen molar-refractivity contribution in [3.63, 3.8) is 0 Å². The van der Waals surface area contributed by atoms with Gasteiger partial charge in [0, 0.05) is 19.4 Å². The van der Waals surface area contributed by atoms with E-state index in [1.54, 1.807) is 0 Å². The van der Waals surface area contributed by atoms with Crippen LogP contribution < -0.4 is 0 Å². The summed E-state index contributed by atoms with van der Waals surface area (Å²) in [4.78, 5) is 25.2. The topological polar surface area (TPSA) is 61.8 Å². The lowest BCUT2D eigenvalue weighted by molar-refractivity contribution is -0.163. The summed E-state index contributed by atoms with van der Waals surface area (Å²) in [5.41, 5.74) is 0. The Balaban J connectivity index is 4.34. The normalized spacial score (nSPS) is 13.1. The smallest absolute Gasteiger partial charge is 0.306 e. The second kappa shape index (κ2) is 48.2. The van der Waals surface area contributed by atoms with E-state index < -0.39 is 6.10 Å². The van der Waals surface area contributed by atoms with Crippen LogP contribution in [-0.2, 0) is 23.8 Å². The van der Waals surface area contributed by atoms with Crippen LogP contribution in [0.5, 0.6) is 0 Å². The summed E-state index contributed by atoms with van der Waals surface area (Å²) in [5, 5.41) is 0. The van der Waals surface area contributed by atoms with E-state index in [-0.39, 0.29) is 25.2 Å². The van der Waals surface area contributed by atoms with Gasteiger partial charge in [-0.2, -0.15) is 0 Å². The third-order valence-electron chi connectivity index (χ3n) is 9.59. The molecule has 5 heteroatoms. The highest BCUT2D eigenvalue weighted by Gasteiger charge is 2.17. The number of unbranched alkanes of at least 4 members (excludes halogenated alkanes) is 15. The van der Waals surface area contributed by atoms with Crippen LogP contribution in [0, 0.1) is 0 Å². The maximum atomic E-state index is 12.7. The van der Waals surface area contributed by atoms with Crippen molar-refractivity contribution in [3.8, 4) is 0 Å². The summed E-state index contributed by atoms with van der Waals surface area (Å²) >= 11 is 0. The molecule has 0 aliphatic rings. The zero-order valence-electron chi connectivity index (χ0n) is 37.8. The van der Waals surface area contributed by atoms with E-state index >= 15 is 0 Å². The van der Waals surface area contributed by atoms with Crippen LogP contribution in [0.25, 0.3) is 0 Å². The molecule has 0 aromatic rings. The Kier molecular flexibility index (Phi) is 45.5. The highest BCUT2D eigenvalue weighted by molar-refractivity contribution is 5.70. The molecular weight excluding hydrogens is 717 g/mol. The predicted molar refractivity (Wildman–Crippen MR) is 251 cm³/mol. The van der Waals surface area contributed by atoms with Gasteiger partial charge in [-0.3, -0.25) is 9.59 Å². The number of carbonyl (C=O) groups is 2. The van der Waals surface area contributed by atoms with Gasteiger partial charge in [0.2, 0.25) is 0 Å². The van der Waals surface area contributed by atoms with Crippen LogP contribution in [0.15, 0.2) is 97.2 Å². The lowest BCUT2D eigenvalue weighted by Crippen LogP contribution is -2.30. The van der Waals surface area contributed by atoms with Crippen LogP contribution in [-0.4, -0.2) is 37.9 Å². The Morgan fingerprint density at radius 1 is 0.397 bits per heavy atom. The maximum Gasteiger partial charge on any atom is 0.306 e. The van der Waals surface area contributed by atoms with Gasteiger partial charge < -0.3 is 14.2 Å². The lowest BCUT2D eigenvalue weighted by atomic mass is 10.1. The second-order valence-corrected chi connectivity index (χ2v) is 15.3. The SMILES string of the molecule is CC/C=C\C/C=C\C/C=C\C/C=C\C/C=C\C/C=C\CCCOCC(COC(=O)CCCCCCC/C=C\C/C=C\CCC)OC(=O)CCCCCCCCCCC. The van der Waals surface area contributed by atoms with Crippen molar-refractivity contribution in [2.75, 3.05) is 19.8 Å². The Bertz CT molecular complexity index is 1140. The molecule has 0 aliphatic heterocycles. The second-order valence-electron chi connectivity index (χ2n) is 15.3. The third kappa shape index (κ3) is 45.5. The molecule has 0 spiro atoms. The van der Waals surface area contributed by atoms with Crippen LogP contribution in [0.4, 0.5) is 0 Å². The lowest BCUT2D eigenvalue weighted by Gasteiger charge is -2.18. The van der Waals surface area contributed by atoms with E-state index in [0.29, 0.717) is 19.4 Å². The van der Waals surface area contributed by atoms with Crippen LogP contribution in [0.2, 0.25) is 0 Å². The van der Waals surface area contributed by atoms with Crippen LogP contribution in [0.3, 0.4) is 0 Å². The molecule has 1 atom stereocenters. The minimum Gasteiger partial charge on any atom is -0.462 e. The van der Waals surface area contributed by atoms with Crippen LogP contribution in [0.1, 0.15) is 201 Å². The van der Waals surface area contributed by atoms with Gasteiger partial charge >= 0.3 is 11.9 Å². The Morgan fingerprint density at radius 2 is 0.810 bits per heavy atom. The first-order valence-electron chi connectivity index (χ1n) is 23.8. The molecular formula is C53H88O5. The monoisotopic (exact) mass is 805 g/mol. The highest BCUT2D eigenvalue weighted by atomic mass is 16.6. The predicted octanol–water partition coefficient (Wildman–Crippen LogP) is 15.9. The van der Waals surface area contributed by atoms with Crippen molar-refractivity contribution in [1.29, 1.82) is 0 Å². The van der Waals surface area contributed by atoms with E-state index in [4.69, 9.17) is 14.2 Å². The molecule has 0 N–H and O–H groups in total. The molecule has 0 radical (unpaired) electrons. The number of carbonyl (C=O) groups excluding carboxylic acids is 2. The third-order valence-corrected chi connectivity index (χ3v) is 9.59. The van der Waals surface area contributed by atoms with Gasteiger partial charge in [-0.25, -0.2) is 0 Å². The molecule has 0 amide bonds. The summed E-state index contributed by atoms with van der Waals surface area (Å²) in [5.74, 6) is -0.454. The molecule has 0 fully saturated rings. The summed E-state index contributed by atoms with van der Waals surface area (Å²) in [6.45, 7) is 7.46. The van der Waals surface area contributed by atoms with E-state index in [2.05, 4.69) is 118 Å². The van der Waals surface area contributed by atoms with Gasteiger partial charge in [0.15, 0.2) is 6.10 Å². The first-order chi connectivity index (χ1) is 28.6. The number of allylic oxidation sites excluding steroid dienone is 16. The average Bonchev–Trinajstić information content (AvgIpc) is 3.22. The molecule has 1 unspecified atom stereocenters. The van der Waals surface area contributed by atoms with Crippen molar-refractivity contribution in [1.82, 2.24) is 0 Å². The van der Waals surface area contributed by atoms with Crippen molar-refractivity contribution in [3.05, 3.63) is 97.2 Å². The average molecular weight is 805 g/mol. The number of hydrogen-bond acceptors (Lipinski definition) is 5. The number of rotatable bonds is 42. The molecule has 330 valence electrons. The Morgan fingerprint density at radius 3 is 1.31 bits per heavy atom. The molecule has 5 nitrogen and oxygen atoms in total. The van der Waals surface area contributed by atoms with Crippen molar-refractivity contribution >= 4 is 11.9 Å². The molecule has 0 bridgehead atoms. The van der Waals surface area contributed by atoms with Crippen molar-refractivity contribution in [2.45, 2.75) is 207 Å². The van der Waals surface area contributed by atoms with Crippen LogP contribution >= 0.6 is 0 Å². The van der Waals surface area contributed by atoms with Gasteiger partial charge in [-0.15, -0.1) is 0 Å². The molecule has 0 heterocycles. The molecule has 58 heavy (non-hydrogen) atoms. The number of hydrogen-bond donors (Lipinski definition) is 0. The Hall–Kier alpha value is -3.18. The largest absolute Gasteiger partial charge is 0.462 e. The number of esters is 2. The standard InChI is InChI=1S/C53H88O5/c1-4-7-10-13-16-19-21-23-24-25-26-27-28-29-31-33-36-39-42-45-48-56-49-51(58-53(55)47-44-41-38-34-18-15-12-9-6-3)50-57-52(54)46-43-40-37-35-32-30-22-20-17-14-11-8-5-2/h7,10-11,14,16,19-20,22-24,26-27,29,31,36,39,51H,4-6,8-9,12-13,15,17-18,21,25,28,30,32-35,37-38,40-50H2,1-3H3/b10-7-,14-11-,19-16-,22-20-,24-23-,27-26-,31-29-,39-36-. The summed E-state index contributed by atoms with van der Waals surface area (Å²) < 4.78 is 17.2. The molecule has 0 aromatic carbocycles. The van der Waals surface area contributed by atoms with E-state index in [1.807, 2.05) is 0 Å². The fourth-order valence-electron chi connectivity index (χ4n) is 6.09. The van der Waals surface area contributed by atoms with Crippen molar-refractivity contribution in [2.24, 2.45) is 0 Å². The summed E-state index contributed by atoms with van der Waals surface area (Å²) in [6, 6.07) is 0. The van der Waals surface area contributed by atoms with Gasteiger partial charge in [0.05, 0.1) is 6.61 Å². The van der Waals surface area contributed by atoms with Gasteiger partial charge in [-0.1, -0.05) is 195 Å². The first kappa shape index (κ1) is 54.8. The zero-order chi connectivity index (χ0) is 42.1. The molecule has 0 saturated heterocycles. The highest BCUT2D eigenvalue weighted by Crippen LogP contribution is 2.13. The maximum absolute atomic E-state index is 12.7. The minimum atomic E-state index is -0.573. The van der Waals surface area contributed by atoms with E-state index in [0.717, 1.165) is 109 Å². The van der Waals surface area contributed by atoms with Gasteiger partial charge in [-0.05, 0) is 89.9 Å². The van der Waals surface area contributed by atoms with Gasteiger partial charge in [0.25, 0.3) is 0 Å². The first-order valence-corrected chi connectivity index (χ1v) is 23.8. The van der Waals surface area contributed by atoms with Gasteiger partial charge in [0.1, 0.15) is 6.61 Å². The molecule has 0 saturated carbocycles. The van der Waals surface area contributed by atoms with E-state index in [1.165, 1.54) is 57.8 Å². The van der Waals surface area contributed by atoms with E-state index in [9.17, 15) is 9.59 Å².